The molecule has 0 aromatic heterocycles. The van der Waals surface area contributed by atoms with Crippen molar-refractivity contribution in [3.8, 4) is 0 Å². The zero-order valence-electron chi connectivity index (χ0n) is 7.44. The van der Waals surface area contributed by atoms with Crippen LogP contribution in [0.15, 0.2) is 0 Å². The second-order valence-electron chi connectivity index (χ2n) is 2.65. The quantitative estimate of drug-likeness (QED) is 0.577. The molecule has 0 spiro atoms. The molecule has 62 valence electrons. The van der Waals surface area contributed by atoms with Gasteiger partial charge in [-0.2, -0.15) is 0 Å². The van der Waals surface area contributed by atoms with Crippen molar-refractivity contribution in [1.82, 2.24) is 0 Å². The summed E-state index contributed by atoms with van der Waals surface area (Å²) in [5, 5.41) is 0. The third-order valence-corrected chi connectivity index (χ3v) is 4.84. The fourth-order valence-corrected chi connectivity index (χ4v) is 2.36. The highest BCUT2D eigenvalue weighted by atomic mass is 28.4. The molecular formula is C7H18O2Si. The number of hydrogen-bond acceptors (Lipinski definition) is 2. The first-order valence-corrected chi connectivity index (χ1v) is 6.31. The topological polar surface area (TPSA) is 18.5 Å². The molecule has 3 heteroatoms. The van der Waals surface area contributed by atoms with Crippen LogP contribution in [0.3, 0.4) is 0 Å². The minimum Gasteiger partial charge on any atom is -0.398 e. The molecule has 0 radical (unpaired) electrons. The molecule has 0 saturated carbocycles. The Kier molecular flexibility index (Phi) is 4.94. The van der Waals surface area contributed by atoms with Gasteiger partial charge in [-0.3, -0.25) is 0 Å². The lowest BCUT2D eigenvalue weighted by atomic mass is 10.4. The highest BCUT2D eigenvalue weighted by Gasteiger charge is 2.27. The van der Waals surface area contributed by atoms with Crippen molar-refractivity contribution in [3.05, 3.63) is 0 Å². The molecule has 10 heavy (non-hydrogen) atoms. The standard InChI is InChI=1S/C7H18O2Si/c1-5-6-7-10(4,8-2)9-3/h5-7H2,1-4H3. The molecule has 0 unspecified atom stereocenters. The summed E-state index contributed by atoms with van der Waals surface area (Å²) in [7, 11) is 1.76. The zero-order valence-corrected chi connectivity index (χ0v) is 8.44. The van der Waals surface area contributed by atoms with E-state index in [-0.39, 0.29) is 0 Å². The van der Waals surface area contributed by atoms with Crippen LogP contribution in [0.5, 0.6) is 0 Å². The summed E-state index contributed by atoms with van der Waals surface area (Å²) in [6, 6.07) is 1.11. The Morgan fingerprint density at radius 2 is 1.70 bits per heavy atom. The van der Waals surface area contributed by atoms with Crippen LogP contribution < -0.4 is 0 Å². The van der Waals surface area contributed by atoms with E-state index in [2.05, 4.69) is 13.5 Å². The summed E-state index contributed by atoms with van der Waals surface area (Å²) >= 11 is 0. The number of unbranched alkanes of at least 4 members (excludes halogenated alkanes) is 1. The number of rotatable bonds is 5. The lowest BCUT2D eigenvalue weighted by Gasteiger charge is -2.21. The van der Waals surface area contributed by atoms with Gasteiger partial charge in [0.2, 0.25) is 0 Å². The van der Waals surface area contributed by atoms with Crippen molar-refractivity contribution in [3.63, 3.8) is 0 Å². The molecule has 0 aromatic carbocycles. The van der Waals surface area contributed by atoms with Crippen molar-refractivity contribution in [2.75, 3.05) is 14.2 Å². The van der Waals surface area contributed by atoms with Crippen LogP contribution >= 0.6 is 0 Å². The molecule has 2 nitrogen and oxygen atoms in total. The van der Waals surface area contributed by atoms with E-state index < -0.39 is 8.56 Å². The van der Waals surface area contributed by atoms with Gasteiger partial charge in [0.15, 0.2) is 0 Å². The first kappa shape index (κ1) is 10.1. The molecule has 0 rings (SSSR count). The second kappa shape index (κ2) is 4.88. The Bertz CT molecular complexity index is 81.7. The van der Waals surface area contributed by atoms with Gasteiger partial charge in [-0.25, -0.2) is 0 Å². The van der Waals surface area contributed by atoms with Crippen LogP contribution in [0.25, 0.3) is 0 Å². The molecule has 0 bridgehead atoms. The van der Waals surface area contributed by atoms with E-state index in [9.17, 15) is 0 Å². The summed E-state index contributed by atoms with van der Waals surface area (Å²) in [5.41, 5.74) is 0. The molecule has 0 aliphatic rings. The smallest absolute Gasteiger partial charge is 0.334 e. The van der Waals surface area contributed by atoms with Crippen molar-refractivity contribution in [2.24, 2.45) is 0 Å². The van der Waals surface area contributed by atoms with Gasteiger partial charge in [0.1, 0.15) is 0 Å². The predicted octanol–water partition coefficient (Wildman–Crippen LogP) is 2.15. The van der Waals surface area contributed by atoms with Crippen molar-refractivity contribution >= 4 is 8.56 Å². The van der Waals surface area contributed by atoms with Gasteiger partial charge >= 0.3 is 8.56 Å². The fraction of sp³-hybridized carbons (Fsp3) is 1.00. The van der Waals surface area contributed by atoms with Crippen molar-refractivity contribution in [1.29, 1.82) is 0 Å². The molecule has 0 N–H and O–H groups in total. The van der Waals surface area contributed by atoms with Crippen LogP contribution in [0.4, 0.5) is 0 Å². The van der Waals surface area contributed by atoms with Gasteiger partial charge in [0, 0.05) is 14.2 Å². The zero-order chi connectivity index (χ0) is 8.04. The Balaban J connectivity index is 3.58. The van der Waals surface area contributed by atoms with Gasteiger partial charge in [0.25, 0.3) is 0 Å². The van der Waals surface area contributed by atoms with Crippen molar-refractivity contribution < 1.29 is 8.85 Å². The van der Waals surface area contributed by atoms with E-state index in [0.717, 1.165) is 6.04 Å². The summed E-state index contributed by atoms with van der Waals surface area (Å²) in [6.07, 6.45) is 2.43. The molecular weight excluding hydrogens is 144 g/mol. The molecule has 0 fully saturated rings. The third-order valence-electron chi connectivity index (χ3n) is 1.85. The first-order chi connectivity index (χ1) is 4.68. The Hall–Kier alpha value is 0.137. The monoisotopic (exact) mass is 162 g/mol. The van der Waals surface area contributed by atoms with E-state index in [1.807, 2.05) is 0 Å². The fourth-order valence-electron chi connectivity index (χ4n) is 0.785. The van der Waals surface area contributed by atoms with Crippen molar-refractivity contribution in [2.45, 2.75) is 32.4 Å². The van der Waals surface area contributed by atoms with E-state index in [0.29, 0.717) is 0 Å². The van der Waals surface area contributed by atoms with E-state index >= 15 is 0 Å². The largest absolute Gasteiger partial charge is 0.398 e. The Morgan fingerprint density at radius 1 is 1.20 bits per heavy atom. The van der Waals surface area contributed by atoms with Gasteiger partial charge in [-0.15, -0.1) is 0 Å². The van der Waals surface area contributed by atoms with Crippen LogP contribution in [-0.2, 0) is 8.85 Å². The lowest BCUT2D eigenvalue weighted by Crippen LogP contribution is -2.35. The SMILES string of the molecule is CCCC[Si](C)(OC)OC. The van der Waals surface area contributed by atoms with Crippen LogP contribution in [0, 0.1) is 0 Å². The lowest BCUT2D eigenvalue weighted by molar-refractivity contribution is 0.248. The van der Waals surface area contributed by atoms with E-state index in [4.69, 9.17) is 8.85 Å². The average molecular weight is 162 g/mol. The molecule has 0 aromatic rings. The third kappa shape index (κ3) is 3.34. The molecule has 0 aliphatic heterocycles. The Labute approximate surface area is 64.8 Å². The van der Waals surface area contributed by atoms with E-state index in [1.165, 1.54) is 12.8 Å². The maximum Gasteiger partial charge on any atom is 0.334 e. The summed E-state index contributed by atoms with van der Waals surface area (Å²) in [6.45, 7) is 4.28. The van der Waals surface area contributed by atoms with E-state index in [1.54, 1.807) is 14.2 Å². The number of hydrogen-bond donors (Lipinski definition) is 0. The highest BCUT2D eigenvalue weighted by Crippen LogP contribution is 2.14. The second-order valence-corrected chi connectivity index (χ2v) is 6.23. The maximum absolute atomic E-state index is 5.31. The van der Waals surface area contributed by atoms with Crippen LogP contribution in [-0.4, -0.2) is 22.8 Å². The minimum absolute atomic E-state index is 1.11. The molecule has 0 saturated heterocycles. The Morgan fingerprint density at radius 3 is 2.00 bits per heavy atom. The summed E-state index contributed by atoms with van der Waals surface area (Å²) < 4.78 is 10.6. The van der Waals surface area contributed by atoms with Gasteiger partial charge in [-0.05, 0) is 12.6 Å². The van der Waals surface area contributed by atoms with Gasteiger partial charge in [0.05, 0.1) is 0 Å². The summed E-state index contributed by atoms with van der Waals surface area (Å²) in [5.74, 6) is 0. The summed E-state index contributed by atoms with van der Waals surface area (Å²) in [4.78, 5) is 0. The van der Waals surface area contributed by atoms with Crippen LogP contribution in [0.2, 0.25) is 12.6 Å². The molecule has 0 amide bonds. The van der Waals surface area contributed by atoms with Gasteiger partial charge in [-0.1, -0.05) is 19.8 Å². The molecule has 0 atom stereocenters. The highest BCUT2D eigenvalue weighted by molar-refractivity contribution is 6.65. The normalized spacial score (nSPS) is 12.0. The average Bonchev–Trinajstić information content (AvgIpc) is 2.00. The molecule has 0 aliphatic carbocycles. The van der Waals surface area contributed by atoms with Gasteiger partial charge < -0.3 is 8.85 Å². The first-order valence-electron chi connectivity index (χ1n) is 3.79. The maximum atomic E-state index is 5.31. The molecule has 0 heterocycles. The predicted molar refractivity (Wildman–Crippen MR) is 45.4 cm³/mol. The minimum atomic E-state index is -1.72. The van der Waals surface area contributed by atoms with Crippen LogP contribution in [0.1, 0.15) is 19.8 Å².